The second-order valence-electron chi connectivity index (χ2n) is 3.05. The molecule has 0 spiro atoms. The van der Waals surface area contributed by atoms with Crippen molar-refractivity contribution in [2.24, 2.45) is 0 Å². The van der Waals surface area contributed by atoms with Gasteiger partial charge in [-0.05, 0) is 6.42 Å². The molecule has 14 heavy (non-hydrogen) atoms. The van der Waals surface area contributed by atoms with Crippen LogP contribution in [0.3, 0.4) is 0 Å². The summed E-state index contributed by atoms with van der Waals surface area (Å²) in [6, 6.07) is 0. The summed E-state index contributed by atoms with van der Waals surface area (Å²) in [5, 5.41) is 8.36. The number of epoxide rings is 1. The summed E-state index contributed by atoms with van der Waals surface area (Å²) in [6.45, 7) is 4.29. The molecule has 1 heterocycles. The van der Waals surface area contributed by atoms with Gasteiger partial charge in [0.2, 0.25) is 0 Å². The molecule has 0 aliphatic carbocycles. The molecule has 1 aliphatic heterocycles. The lowest BCUT2D eigenvalue weighted by atomic mass is 10.2. The van der Waals surface area contributed by atoms with Gasteiger partial charge in [-0.15, -0.1) is 0 Å². The first-order valence-corrected chi connectivity index (χ1v) is 4.28. The van der Waals surface area contributed by atoms with Crippen LogP contribution in [-0.4, -0.2) is 36.4 Å². The van der Waals surface area contributed by atoms with Crippen LogP contribution in [-0.2, 0) is 19.1 Å². The molecule has 0 amide bonds. The Morgan fingerprint density at radius 1 is 1.50 bits per heavy atom. The summed E-state index contributed by atoms with van der Waals surface area (Å²) in [7, 11) is 0. The van der Waals surface area contributed by atoms with Crippen molar-refractivity contribution in [1.29, 1.82) is 0 Å². The predicted octanol–water partition coefficient (Wildman–Crippen LogP) is 0.349. The molecule has 0 radical (unpaired) electrons. The fourth-order valence-electron chi connectivity index (χ4n) is 0.795. The fraction of sp³-hybridized carbons (Fsp3) is 0.556. The highest BCUT2D eigenvalue weighted by molar-refractivity contribution is 5.88. The van der Waals surface area contributed by atoms with Crippen LogP contribution < -0.4 is 0 Å². The second kappa shape index (κ2) is 4.76. The van der Waals surface area contributed by atoms with E-state index in [-0.39, 0.29) is 31.1 Å². The van der Waals surface area contributed by atoms with Crippen LogP contribution in [0.1, 0.15) is 12.8 Å². The first-order chi connectivity index (χ1) is 6.59. The minimum absolute atomic E-state index is 0.0197. The van der Waals surface area contributed by atoms with E-state index >= 15 is 0 Å². The molecule has 1 unspecified atom stereocenters. The topological polar surface area (TPSA) is 76.1 Å². The van der Waals surface area contributed by atoms with Crippen LogP contribution in [0, 0.1) is 0 Å². The molecule has 1 atom stereocenters. The van der Waals surface area contributed by atoms with Crippen LogP contribution in [0.15, 0.2) is 12.2 Å². The van der Waals surface area contributed by atoms with Gasteiger partial charge in [0.05, 0.1) is 6.61 Å². The van der Waals surface area contributed by atoms with Gasteiger partial charge in [-0.3, -0.25) is 4.79 Å². The number of hydrogen-bond donors (Lipinski definition) is 1. The van der Waals surface area contributed by atoms with E-state index in [9.17, 15) is 9.59 Å². The maximum Gasteiger partial charge on any atom is 0.333 e. The molecule has 1 aliphatic rings. The molecule has 5 heteroatoms. The van der Waals surface area contributed by atoms with E-state index in [1.165, 1.54) is 0 Å². The van der Waals surface area contributed by atoms with E-state index in [4.69, 9.17) is 14.6 Å². The Hall–Kier alpha value is -1.36. The largest absolute Gasteiger partial charge is 0.481 e. The van der Waals surface area contributed by atoms with Gasteiger partial charge in [0.25, 0.3) is 0 Å². The van der Waals surface area contributed by atoms with Crippen molar-refractivity contribution >= 4 is 11.9 Å². The second-order valence-corrected chi connectivity index (χ2v) is 3.05. The van der Waals surface area contributed by atoms with E-state index in [1.807, 2.05) is 0 Å². The van der Waals surface area contributed by atoms with Crippen molar-refractivity contribution in [2.45, 2.75) is 18.9 Å². The zero-order valence-corrected chi connectivity index (χ0v) is 7.69. The lowest BCUT2D eigenvalue weighted by Gasteiger charge is -2.03. The van der Waals surface area contributed by atoms with Gasteiger partial charge in [0.15, 0.2) is 0 Å². The quantitative estimate of drug-likeness (QED) is 0.380. The molecule has 1 saturated heterocycles. The minimum atomic E-state index is -0.954. The standard InChI is InChI=1S/C9H12O5/c1-6(2-3-8(10)11)9(12)14-5-7-4-13-7/h7H,1-5H2,(H,10,11). The third-order valence-corrected chi connectivity index (χ3v) is 1.73. The Bertz CT molecular complexity index is 254. The smallest absolute Gasteiger partial charge is 0.333 e. The molecule has 78 valence electrons. The van der Waals surface area contributed by atoms with Gasteiger partial charge in [-0.1, -0.05) is 6.58 Å². The number of aliphatic carboxylic acids is 1. The lowest BCUT2D eigenvalue weighted by Crippen LogP contribution is -2.12. The molecule has 0 saturated carbocycles. The molecule has 5 nitrogen and oxygen atoms in total. The van der Waals surface area contributed by atoms with Crippen molar-refractivity contribution < 1.29 is 24.2 Å². The number of carbonyl (C=O) groups is 2. The van der Waals surface area contributed by atoms with Crippen molar-refractivity contribution in [3.05, 3.63) is 12.2 Å². The van der Waals surface area contributed by atoms with Crippen molar-refractivity contribution in [3.63, 3.8) is 0 Å². The highest BCUT2D eigenvalue weighted by atomic mass is 16.6. The van der Waals surface area contributed by atoms with Gasteiger partial charge in [0, 0.05) is 12.0 Å². The highest BCUT2D eigenvalue weighted by Gasteiger charge is 2.24. The molecule has 0 bridgehead atoms. The van der Waals surface area contributed by atoms with E-state index in [0.29, 0.717) is 6.61 Å². The first-order valence-electron chi connectivity index (χ1n) is 4.28. The van der Waals surface area contributed by atoms with Gasteiger partial charge in [-0.2, -0.15) is 0 Å². The normalized spacial score (nSPS) is 18.7. The maximum absolute atomic E-state index is 11.1. The summed E-state index contributed by atoms with van der Waals surface area (Å²) in [6.07, 6.45) is 0.0410. The van der Waals surface area contributed by atoms with Gasteiger partial charge < -0.3 is 14.6 Å². The predicted molar refractivity (Wildman–Crippen MR) is 46.7 cm³/mol. The molecule has 1 N–H and O–H groups in total. The van der Waals surface area contributed by atoms with Crippen LogP contribution in [0.4, 0.5) is 0 Å². The molecular weight excluding hydrogens is 188 g/mol. The van der Waals surface area contributed by atoms with Gasteiger partial charge in [0.1, 0.15) is 12.7 Å². The first kappa shape index (κ1) is 10.7. The molecule has 0 aromatic rings. The number of carbonyl (C=O) groups excluding carboxylic acids is 1. The average molecular weight is 200 g/mol. The fourth-order valence-corrected chi connectivity index (χ4v) is 0.795. The third-order valence-electron chi connectivity index (χ3n) is 1.73. The zero-order chi connectivity index (χ0) is 10.6. The maximum atomic E-state index is 11.1. The average Bonchev–Trinajstić information content (AvgIpc) is 2.93. The number of rotatable bonds is 6. The Balaban J connectivity index is 2.14. The number of esters is 1. The van der Waals surface area contributed by atoms with E-state index in [0.717, 1.165) is 0 Å². The summed E-state index contributed by atoms with van der Waals surface area (Å²) >= 11 is 0. The van der Waals surface area contributed by atoms with E-state index in [2.05, 4.69) is 6.58 Å². The Morgan fingerprint density at radius 3 is 2.64 bits per heavy atom. The summed E-state index contributed by atoms with van der Waals surface area (Å²) < 4.78 is 9.64. The zero-order valence-electron chi connectivity index (χ0n) is 7.69. The van der Waals surface area contributed by atoms with E-state index < -0.39 is 11.9 Å². The SMILES string of the molecule is C=C(CCC(=O)O)C(=O)OCC1CO1. The van der Waals surface area contributed by atoms with Gasteiger partial charge in [-0.25, -0.2) is 4.79 Å². The van der Waals surface area contributed by atoms with E-state index in [1.54, 1.807) is 0 Å². The lowest BCUT2D eigenvalue weighted by molar-refractivity contribution is -0.139. The minimum Gasteiger partial charge on any atom is -0.481 e. The number of carboxylic acids is 1. The van der Waals surface area contributed by atoms with Crippen LogP contribution in [0.25, 0.3) is 0 Å². The van der Waals surface area contributed by atoms with Crippen molar-refractivity contribution in [3.8, 4) is 0 Å². The number of ether oxygens (including phenoxy) is 2. The number of hydrogen-bond acceptors (Lipinski definition) is 4. The summed E-state index contributed by atoms with van der Waals surface area (Å²) in [5.74, 6) is -1.49. The third kappa shape index (κ3) is 4.04. The molecule has 0 aromatic heterocycles. The van der Waals surface area contributed by atoms with Crippen molar-refractivity contribution in [2.75, 3.05) is 13.2 Å². The Labute approximate surface area is 81.3 Å². The Morgan fingerprint density at radius 2 is 2.14 bits per heavy atom. The number of carboxylic acid groups (broad SMARTS) is 1. The Kier molecular flexibility index (Phi) is 3.64. The van der Waals surface area contributed by atoms with Crippen LogP contribution >= 0.6 is 0 Å². The monoisotopic (exact) mass is 200 g/mol. The van der Waals surface area contributed by atoms with Crippen molar-refractivity contribution in [1.82, 2.24) is 0 Å². The molecular formula is C9H12O5. The summed E-state index contributed by atoms with van der Waals surface area (Å²) in [4.78, 5) is 21.3. The van der Waals surface area contributed by atoms with Crippen LogP contribution in [0.2, 0.25) is 0 Å². The van der Waals surface area contributed by atoms with Gasteiger partial charge >= 0.3 is 11.9 Å². The molecule has 0 aromatic carbocycles. The van der Waals surface area contributed by atoms with Crippen LogP contribution in [0.5, 0.6) is 0 Å². The molecule has 1 fully saturated rings. The summed E-state index contributed by atoms with van der Waals surface area (Å²) in [5.41, 5.74) is 0.188. The molecule has 1 rings (SSSR count). The highest BCUT2D eigenvalue weighted by Crippen LogP contribution is 2.11.